The van der Waals surface area contributed by atoms with Crippen LogP contribution >= 0.6 is 22.9 Å². The number of thiazole rings is 1. The molecule has 0 amide bonds. The molecule has 0 saturated heterocycles. The van der Waals surface area contributed by atoms with Gasteiger partial charge in [0.05, 0.1) is 11.6 Å². The number of rotatable bonds is 2. The normalized spacial score (nSPS) is 12.0. The van der Waals surface area contributed by atoms with Crippen molar-refractivity contribution in [2.75, 3.05) is 0 Å². The molecule has 1 aromatic rings. The summed E-state index contributed by atoms with van der Waals surface area (Å²) in [6, 6.07) is 0. The third kappa shape index (κ3) is 2.15. The molecule has 0 saturated carbocycles. The van der Waals surface area contributed by atoms with Crippen molar-refractivity contribution in [3.63, 3.8) is 0 Å². The van der Waals surface area contributed by atoms with Crippen LogP contribution in [0.25, 0.3) is 0 Å². The summed E-state index contributed by atoms with van der Waals surface area (Å²) in [7, 11) is 0. The lowest BCUT2D eigenvalue weighted by Gasteiger charge is -2.12. The number of alkyl halides is 1. The van der Waals surface area contributed by atoms with Gasteiger partial charge in [0.2, 0.25) is 0 Å². The van der Waals surface area contributed by atoms with Gasteiger partial charge in [-0.1, -0.05) is 0 Å². The molecular weight excluding hydrogens is 182 g/mol. The topological polar surface area (TPSA) is 33.1 Å². The number of aromatic nitrogens is 1. The van der Waals surface area contributed by atoms with Crippen molar-refractivity contribution >= 4 is 22.9 Å². The molecule has 1 rings (SSSR count). The molecule has 1 aromatic heterocycles. The highest BCUT2D eigenvalue weighted by molar-refractivity contribution is 7.09. The van der Waals surface area contributed by atoms with Crippen molar-refractivity contribution in [3.05, 3.63) is 16.1 Å². The molecule has 0 aliphatic heterocycles. The van der Waals surface area contributed by atoms with Gasteiger partial charge >= 0.3 is 0 Å². The first kappa shape index (κ1) is 8.97. The van der Waals surface area contributed by atoms with E-state index in [1.54, 1.807) is 13.8 Å². The van der Waals surface area contributed by atoms with Gasteiger partial charge in [0.15, 0.2) is 0 Å². The zero-order valence-corrected chi connectivity index (χ0v) is 8.04. The lowest BCUT2D eigenvalue weighted by molar-refractivity contribution is 0.0781. The molecule has 1 N–H and O–H groups in total. The highest BCUT2D eigenvalue weighted by Gasteiger charge is 2.19. The quantitative estimate of drug-likeness (QED) is 0.727. The summed E-state index contributed by atoms with van der Waals surface area (Å²) in [6.07, 6.45) is 0. The summed E-state index contributed by atoms with van der Waals surface area (Å²) < 4.78 is 0. The smallest absolute Gasteiger partial charge is 0.124 e. The van der Waals surface area contributed by atoms with Crippen LogP contribution in [0.4, 0.5) is 0 Å². The summed E-state index contributed by atoms with van der Waals surface area (Å²) in [5.74, 6) is 0.409. The predicted octanol–water partition coefficient (Wildman–Crippen LogP) is 2.11. The first-order chi connectivity index (χ1) is 5.04. The molecule has 0 bridgehead atoms. The lowest BCUT2D eigenvalue weighted by atomic mass is 10.2. The molecule has 0 radical (unpaired) electrons. The van der Waals surface area contributed by atoms with Crippen LogP contribution in [-0.4, -0.2) is 10.1 Å². The van der Waals surface area contributed by atoms with E-state index in [-0.39, 0.29) is 0 Å². The van der Waals surface area contributed by atoms with Crippen molar-refractivity contribution in [3.8, 4) is 0 Å². The Balaban J connectivity index is 2.89. The maximum atomic E-state index is 9.50. The number of halogens is 1. The van der Waals surface area contributed by atoms with Gasteiger partial charge in [-0.05, 0) is 13.8 Å². The van der Waals surface area contributed by atoms with Gasteiger partial charge in [0, 0.05) is 5.38 Å². The minimum Gasteiger partial charge on any atom is -0.383 e. The van der Waals surface area contributed by atoms with Crippen molar-refractivity contribution in [2.24, 2.45) is 0 Å². The fraction of sp³-hybridized carbons (Fsp3) is 0.571. The van der Waals surface area contributed by atoms with Gasteiger partial charge in [-0.2, -0.15) is 0 Å². The molecule has 4 heteroatoms. The van der Waals surface area contributed by atoms with E-state index in [1.807, 2.05) is 5.38 Å². The second-order valence-corrected chi connectivity index (χ2v) is 3.96. The van der Waals surface area contributed by atoms with E-state index in [2.05, 4.69) is 4.98 Å². The second kappa shape index (κ2) is 3.09. The molecule has 11 heavy (non-hydrogen) atoms. The number of nitrogens with zero attached hydrogens (tertiary/aromatic N) is 1. The Kier molecular flexibility index (Phi) is 2.52. The van der Waals surface area contributed by atoms with E-state index in [1.165, 1.54) is 11.3 Å². The SMILES string of the molecule is CC(C)(O)c1nc(CCl)cs1. The minimum absolute atomic E-state index is 0.409. The highest BCUT2D eigenvalue weighted by Crippen LogP contribution is 2.23. The average molecular weight is 192 g/mol. The van der Waals surface area contributed by atoms with Crippen LogP contribution in [0.5, 0.6) is 0 Å². The Morgan fingerprint density at radius 2 is 2.36 bits per heavy atom. The van der Waals surface area contributed by atoms with Crippen molar-refractivity contribution in [2.45, 2.75) is 25.3 Å². The fourth-order valence-electron chi connectivity index (χ4n) is 0.649. The molecule has 0 unspecified atom stereocenters. The van der Waals surface area contributed by atoms with Crippen LogP contribution < -0.4 is 0 Å². The first-order valence-corrected chi connectivity index (χ1v) is 4.68. The minimum atomic E-state index is -0.838. The summed E-state index contributed by atoms with van der Waals surface area (Å²) in [4.78, 5) is 4.14. The summed E-state index contributed by atoms with van der Waals surface area (Å²) in [6.45, 7) is 3.42. The summed E-state index contributed by atoms with van der Waals surface area (Å²) >= 11 is 6.99. The largest absolute Gasteiger partial charge is 0.383 e. The monoisotopic (exact) mass is 191 g/mol. The van der Waals surface area contributed by atoms with Gasteiger partial charge < -0.3 is 5.11 Å². The third-order valence-electron chi connectivity index (χ3n) is 1.21. The summed E-state index contributed by atoms with van der Waals surface area (Å²) in [5.41, 5.74) is -0.0107. The van der Waals surface area contributed by atoms with Crippen LogP contribution in [0, 0.1) is 0 Å². The third-order valence-corrected chi connectivity index (χ3v) is 2.69. The maximum absolute atomic E-state index is 9.50. The second-order valence-electron chi connectivity index (χ2n) is 2.84. The molecular formula is C7H10ClNOS. The average Bonchev–Trinajstić information content (AvgIpc) is 2.32. The van der Waals surface area contributed by atoms with Crippen molar-refractivity contribution < 1.29 is 5.11 Å². The predicted molar refractivity (Wildman–Crippen MR) is 46.9 cm³/mol. The molecule has 0 atom stereocenters. The van der Waals surface area contributed by atoms with Crippen LogP contribution in [0.1, 0.15) is 24.5 Å². The number of hydrogen-bond acceptors (Lipinski definition) is 3. The van der Waals surface area contributed by atoms with E-state index < -0.39 is 5.60 Å². The molecule has 0 aliphatic carbocycles. The standard InChI is InChI=1S/C7H10ClNOS/c1-7(2,10)6-9-5(3-8)4-11-6/h4,10H,3H2,1-2H3. The van der Waals surface area contributed by atoms with Gasteiger partial charge in [0.25, 0.3) is 0 Å². The number of aliphatic hydroxyl groups is 1. The maximum Gasteiger partial charge on any atom is 0.124 e. The van der Waals surface area contributed by atoms with E-state index in [9.17, 15) is 5.11 Å². The molecule has 0 aliphatic rings. The Morgan fingerprint density at radius 1 is 1.73 bits per heavy atom. The van der Waals surface area contributed by atoms with Crippen LogP contribution in [-0.2, 0) is 11.5 Å². The van der Waals surface area contributed by atoms with Crippen molar-refractivity contribution in [1.82, 2.24) is 4.98 Å². The van der Waals surface area contributed by atoms with Gasteiger partial charge in [0.1, 0.15) is 10.6 Å². The van der Waals surface area contributed by atoms with Crippen LogP contribution in [0.15, 0.2) is 5.38 Å². The Hall–Kier alpha value is -0.120. The van der Waals surface area contributed by atoms with E-state index in [4.69, 9.17) is 11.6 Å². The zero-order chi connectivity index (χ0) is 8.48. The van der Waals surface area contributed by atoms with Gasteiger partial charge in [-0.3, -0.25) is 0 Å². The summed E-state index contributed by atoms with van der Waals surface area (Å²) in [5, 5.41) is 12.1. The Bertz CT molecular complexity index is 241. The van der Waals surface area contributed by atoms with E-state index in [0.717, 1.165) is 5.69 Å². The van der Waals surface area contributed by atoms with Crippen LogP contribution in [0.2, 0.25) is 0 Å². The van der Waals surface area contributed by atoms with Crippen molar-refractivity contribution in [1.29, 1.82) is 0 Å². The zero-order valence-electron chi connectivity index (χ0n) is 6.47. The molecule has 1 heterocycles. The van der Waals surface area contributed by atoms with E-state index >= 15 is 0 Å². The molecule has 0 aromatic carbocycles. The van der Waals surface area contributed by atoms with Gasteiger partial charge in [-0.15, -0.1) is 22.9 Å². The lowest BCUT2D eigenvalue weighted by Crippen LogP contribution is -2.14. The first-order valence-electron chi connectivity index (χ1n) is 3.27. The van der Waals surface area contributed by atoms with E-state index in [0.29, 0.717) is 10.9 Å². The molecule has 2 nitrogen and oxygen atoms in total. The fourth-order valence-corrected chi connectivity index (χ4v) is 1.72. The molecule has 62 valence electrons. The Labute approximate surface area is 74.8 Å². The highest BCUT2D eigenvalue weighted by atomic mass is 35.5. The number of hydrogen-bond donors (Lipinski definition) is 1. The Morgan fingerprint density at radius 3 is 2.64 bits per heavy atom. The van der Waals surface area contributed by atoms with Gasteiger partial charge in [-0.25, -0.2) is 4.98 Å². The molecule has 0 fully saturated rings. The molecule has 0 spiro atoms. The van der Waals surface area contributed by atoms with Crippen LogP contribution in [0.3, 0.4) is 0 Å².